The molecular weight excluding hydrogens is 290 g/mol. The van der Waals surface area contributed by atoms with Crippen molar-refractivity contribution in [2.45, 2.75) is 57.9 Å². The maximum absolute atomic E-state index is 12.7. The van der Waals surface area contributed by atoms with Gasteiger partial charge < -0.3 is 5.32 Å². The van der Waals surface area contributed by atoms with Gasteiger partial charge in [-0.05, 0) is 42.3 Å². The van der Waals surface area contributed by atoms with Crippen molar-refractivity contribution >= 4 is 5.91 Å². The zero-order valence-corrected chi connectivity index (χ0v) is 13.5. The summed E-state index contributed by atoms with van der Waals surface area (Å²) < 4.78 is 1.60. The van der Waals surface area contributed by atoms with Crippen molar-refractivity contribution in [2.75, 3.05) is 0 Å². The largest absolute Gasteiger partial charge is 0.349 e. The fourth-order valence-electron chi connectivity index (χ4n) is 3.17. The number of rotatable bonds is 3. The smallest absolute Gasteiger partial charge is 0.253 e. The summed E-state index contributed by atoms with van der Waals surface area (Å²) in [4.78, 5) is 12.7. The molecule has 0 spiro atoms. The second-order valence-electron chi connectivity index (χ2n) is 6.17. The number of nitrogens with zero attached hydrogens (tertiary/aromatic N) is 4. The van der Waals surface area contributed by atoms with Gasteiger partial charge in [0, 0.05) is 6.04 Å². The highest BCUT2D eigenvalue weighted by molar-refractivity contribution is 5.97. The van der Waals surface area contributed by atoms with Crippen molar-refractivity contribution in [1.82, 2.24) is 25.5 Å². The normalized spacial score (nSPS) is 16.6. The maximum atomic E-state index is 12.7. The zero-order chi connectivity index (χ0) is 16.1. The molecular formula is C17H23N5O. The quantitative estimate of drug-likeness (QED) is 0.945. The van der Waals surface area contributed by atoms with E-state index in [0.717, 1.165) is 18.5 Å². The lowest BCUT2D eigenvalue weighted by atomic mass is 9.96. The minimum absolute atomic E-state index is 0.0407. The Morgan fingerprint density at radius 3 is 2.52 bits per heavy atom. The average molecular weight is 313 g/mol. The van der Waals surface area contributed by atoms with Crippen molar-refractivity contribution in [3.63, 3.8) is 0 Å². The van der Waals surface area contributed by atoms with Crippen LogP contribution in [0, 0.1) is 6.92 Å². The number of benzene rings is 1. The molecule has 1 amide bonds. The molecule has 2 aromatic rings. The van der Waals surface area contributed by atoms with Gasteiger partial charge in [0.25, 0.3) is 5.91 Å². The highest BCUT2D eigenvalue weighted by Crippen LogP contribution is 2.19. The molecule has 0 unspecified atom stereocenters. The number of hydrogen-bond donors (Lipinski definition) is 1. The molecule has 1 fully saturated rings. The van der Waals surface area contributed by atoms with Crippen LogP contribution in [0.2, 0.25) is 0 Å². The van der Waals surface area contributed by atoms with Crippen LogP contribution in [-0.4, -0.2) is 32.2 Å². The second kappa shape index (κ2) is 7.35. The summed E-state index contributed by atoms with van der Waals surface area (Å²) >= 11 is 0. The van der Waals surface area contributed by atoms with Crippen molar-refractivity contribution in [1.29, 1.82) is 0 Å². The molecule has 6 heteroatoms. The highest BCUT2D eigenvalue weighted by Gasteiger charge is 2.19. The van der Waals surface area contributed by atoms with Crippen molar-refractivity contribution in [3.8, 4) is 5.69 Å². The van der Waals surface area contributed by atoms with Gasteiger partial charge in [-0.2, -0.15) is 4.68 Å². The summed E-state index contributed by atoms with van der Waals surface area (Å²) in [6.45, 7) is 1.82. The number of hydrogen-bond acceptors (Lipinski definition) is 4. The van der Waals surface area contributed by atoms with Crippen molar-refractivity contribution in [3.05, 3.63) is 35.7 Å². The lowest BCUT2D eigenvalue weighted by Crippen LogP contribution is -2.35. The molecule has 1 aliphatic carbocycles. The van der Waals surface area contributed by atoms with Crippen LogP contribution in [0.3, 0.4) is 0 Å². The third-order valence-corrected chi connectivity index (χ3v) is 4.44. The van der Waals surface area contributed by atoms with Gasteiger partial charge in [-0.15, -0.1) is 5.10 Å². The number of aromatic nitrogens is 4. The van der Waals surface area contributed by atoms with Crippen LogP contribution < -0.4 is 5.32 Å². The van der Waals surface area contributed by atoms with Crippen molar-refractivity contribution < 1.29 is 4.79 Å². The van der Waals surface area contributed by atoms with E-state index in [4.69, 9.17) is 0 Å². The van der Waals surface area contributed by atoms with Gasteiger partial charge in [0.15, 0.2) is 5.82 Å². The van der Waals surface area contributed by atoms with E-state index in [2.05, 4.69) is 20.8 Å². The Labute approximate surface area is 136 Å². The Kier molecular flexibility index (Phi) is 5.00. The van der Waals surface area contributed by atoms with Crippen LogP contribution in [0.1, 0.15) is 61.1 Å². The Balaban J connectivity index is 1.78. The molecule has 1 saturated carbocycles. The van der Waals surface area contributed by atoms with E-state index in [0.29, 0.717) is 11.4 Å². The molecule has 1 heterocycles. The molecule has 1 aromatic heterocycles. The summed E-state index contributed by atoms with van der Waals surface area (Å²) in [5.41, 5.74) is 1.34. The van der Waals surface area contributed by atoms with E-state index in [9.17, 15) is 4.79 Å². The number of amides is 1. The van der Waals surface area contributed by atoms with E-state index in [1.54, 1.807) is 4.68 Å². The summed E-state index contributed by atoms with van der Waals surface area (Å²) in [5.74, 6) is 0.622. The van der Waals surface area contributed by atoms with Gasteiger partial charge >= 0.3 is 0 Å². The lowest BCUT2D eigenvalue weighted by Gasteiger charge is -2.21. The van der Waals surface area contributed by atoms with Crippen LogP contribution in [0.25, 0.3) is 5.69 Å². The van der Waals surface area contributed by atoms with Gasteiger partial charge in [0.2, 0.25) is 0 Å². The summed E-state index contributed by atoms with van der Waals surface area (Å²) in [6.07, 6.45) is 8.38. The molecule has 3 rings (SSSR count). The van der Waals surface area contributed by atoms with E-state index in [1.165, 1.54) is 32.1 Å². The van der Waals surface area contributed by atoms with E-state index < -0.39 is 0 Å². The minimum Gasteiger partial charge on any atom is -0.349 e. The van der Waals surface area contributed by atoms with E-state index in [1.807, 2.05) is 31.2 Å². The van der Waals surface area contributed by atoms with Crippen LogP contribution >= 0.6 is 0 Å². The molecule has 0 atom stereocenters. The molecule has 0 bridgehead atoms. The molecule has 1 N–H and O–H groups in total. The first-order valence-corrected chi connectivity index (χ1v) is 8.41. The molecule has 0 saturated heterocycles. The first-order chi connectivity index (χ1) is 11.3. The molecule has 1 aliphatic rings. The number of aryl methyl sites for hydroxylation is 1. The monoisotopic (exact) mass is 313 g/mol. The van der Waals surface area contributed by atoms with Crippen LogP contribution in [-0.2, 0) is 0 Å². The van der Waals surface area contributed by atoms with Crippen molar-refractivity contribution in [2.24, 2.45) is 0 Å². The zero-order valence-electron chi connectivity index (χ0n) is 13.5. The van der Waals surface area contributed by atoms with E-state index in [-0.39, 0.29) is 11.9 Å². The predicted molar refractivity (Wildman–Crippen MR) is 87.5 cm³/mol. The Morgan fingerprint density at radius 2 is 1.83 bits per heavy atom. The Hall–Kier alpha value is -2.24. The second-order valence-corrected chi connectivity index (χ2v) is 6.17. The van der Waals surface area contributed by atoms with Crippen LogP contribution in [0.4, 0.5) is 0 Å². The number of carbonyl (C=O) groups excluding carboxylic acids is 1. The maximum Gasteiger partial charge on any atom is 0.253 e. The van der Waals surface area contributed by atoms with E-state index >= 15 is 0 Å². The molecule has 1 aromatic carbocycles. The standard InChI is InChI=1S/C17H23N5O/c1-13-19-20-21-22(13)16-12-8-7-11-15(16)17(23)18-14-9-5-3-2-4-6-10-14/h7-8,11-12,14H,2-6,9-10H2,1H3,(H,18,23). The number of para-hydroxylation sites is 1. The Bertz CT molecular complexity index is 659. The lowest BCUT2D eigenvalue weighted by molar-refractivity contribution is 0.0930. The first-order valence-electron chi connectivity index (χ1n) is 8.41. The van der Waals surface area contributed by atoms with Gasteiger partial charge in [0.1, 0.15) is 0 Å². The molecule has 0 aliphatic heterocycles. The molecule has 0 radical (unpaired) electrons. The summed E-state index contributed by atoms with van der Waals surface area (Å²) in [6, 6.07) is 7.73. The number of nitrogens with one attached hydrogen (secondary N) is 1. The fraction of sp³-hybridized carbons (Fsp3) is 0.529. The minimum atomic E-state index is -0.0407. The topological polar surface area (TPSA) is 72.7 Å². The van der Waals surface area contributed by atoms with Crippen LogP contribution in [0.5, 0.6) is 0 Å². The van der Waals surface area contributed by atoms with Gasteiger partial charge in [-0.1, -0.05) is 44.2 Å². The first kappa shape index (κ1) is 15.6. The number of tetrazole rings is 1. The third kappa shape index (κ3) is 3.75. The SMILES string of the molecule is Cc1nnnn1-c1ccccc1C(=O)NC1CCCCCCC1. The summed E-state index contributed by atoms with van der Waals surface area (Å²) in [7, 11) is 0. The van der Waals surface area contributed by atoms with Gasteiger partial charge in [-0.3, -0.25) is 4.79 Å². The summed E-state index contributed by atoms with van der Waals surface area (Å²) in [5, 5.41) is 14.8. The molecule has 6 nitrogen and oxygen atoms in total. The third-order valence-electron chi connectivity index (χ3n) is 4.44. The number of carbonyl (C=O) groups is 1. The fourth-order valence-corrected chi connectivity index (χ4v) is 3.17. The Morgan fingerprint density at radius 1 is 1.13 bits per heavy atom. The van der Waals surface area contributed by atoms with Gasteiger partial charge in [-0.25, -0.2) is 0 Å². The van der Waals surface area contributed by atoms with Gasteiger partial charge in [0.05, 0.1) is 11.3 Å². The molecule has 23 heavy (non-hydrogen) atoms. The van der Waals surface area contributed by atoms with Crippen LogP contribution in [0.15, 0.2) is 24.3 Å². The highest BCUT2D eigenvalue weighted by atomic mass is 16.1. The predicted octanol–water partition coefficient (Wildman–Crippen LogP) is 2.81. The molecule has 122 valence electrons. The average Bonchev–Trinajstić information content (AvgIpc) is 2.95.